The number of benzene rings is 1. The van der Waals surface area contributed by atoms with Crippen LogP contribution in [0.4, 0.5) is 4.39 Å². The summed E-state index contributed by atoms with van der Waals surface area (Å²) in [6.07, 6.45) is 0.286. The maximum atomic E-state index is 13.4. The fourth-order valence-electron chi connectivity index (χ4n) is 1.42. The van der Waals surface area contributed by atoms with E-state index in [4.69, 9.17) is 4.74 Å². The topological polar surface area (TPSA) is 29.5 Å². The molecule has 1 unspecified atom stereocenters. The zero-order chi connectivity index (χ0) is 12.0. The molecule has 2 nitrogen and oxygen atoms in total. The highest BCUT2D eigenvalue weighted by atomic mass is 79.9. The fraction of sp³-hybridized carbons (Fsp3) is 0.500. The molecule has 0 saturated heterocycles. The molecule has 0 aliphatic carbocycles. The number of hydrogen-bond acceptors (Lipinski definition) is 2. The molecule has 0 fully saturated rings. The number of halogens is 2. The minimum atomic E-state index is -0.560. The molecule has 0 spiro atoms. The molecule has 4 heteroatoms. The third-order valence-corrected chi connectivity index (χ3v) is 2.76. The maximum absolute atomic E-state index is 13.4. The monoisotopic (exact) mass is 290 g/mol. The van der Waals surface area contributed by atoms with Gasteiger partial charge in [0.15, 0.2) is 0 Å². The Hall–Kier alpha value is -0.450. The predicted octanol–water partition coefficient (Wildman–Crippen LogP) is 2.92. The molecule has 1 N–H and O–H groups in total. The third-order valence-electron chi connectivity index (χ3n) is 2.26. The van der Waals surface area contributed by atoms with Gasteiger partial charge >= 0.3 is 0 Å². The molecular formula is C12H16BrFO2. The summed E-state index contributed by atoms with van der Waals surface area (Å²) in [6.45, 7) is 3.05. The van der Waals surface area contributed by atoms with E-state index in [1.165, 1.54) is 6.07 Å². The van der Waals surface area contributed by atoms with Crippen LogP contribution in [0.1, 0.15) is 18.9 Å². The summed E-state index contributed by atoms with van der Waals surface area (Å²) in [6, 6.07) is 4.74. The molecule has 0 aliphatic heterocycles. The van der Waals surface area contributed by atoms with Gasteiger partial charge in [0, 0.05) is 24.1 Å². The van der Waals surface area contributed by atoms with Crippen molar-refractivity contribution in [3.05, 3.63) is 34.1 Å². The molecule has 16 heavy (non-hydrogen) atoms. The van der Waals surface area contributed by atoms with Crippen molar-refractivity contribution in [3.63, 3.8) is 0 Å². The Balaban J connectivity index is 2.48. The van der Waals surface area contributed by atoms with Gasteiger partial charge in [-0.3, -0.25) is 0 Å². The van der Waals surface area contributed by atoms with Crippen LogP contribution < -0.4 is 0 Å². The van der Waals surface area contributed by atoms with Crippen LogP contribution in [0.25, 0.3) is 0 Å². The van der Waals surface area contributed by atoms with Gasteiger partial charge in [-0.1, -0.05) is 15.9 Å². The molecule has 0 aromatic heterocycles. The Morgan fingerprint density at radius 1 is 1.50 bits per heavy atom. The van der Waals surface area contributed by atoms with Crippen LogP contribution in [0.3, 0.4) is 0 Å². The molecule has 0 saturated carbocycles. The van der Waals surface area contributed by atoms with Crippen molar-refractivity contribution < 1.29 is 14.2 Å². The van der Waals surface area contributed by atoms with E-state index in [2.05, 4.69) is 15.9 Å². The van der Waals surface area contributed by atoms with Crippen LogP contribution in [0.15, 0.2) is 22.7 Å². The molecular weight excluding hydrogens is 275 g/mol. The van der Waals surface area contributed by atoms with Crippen LogP contribution in [-0.2, 0) is 11.2 Å². The lowest BCUT2D eigenvalue weighted by Crippen LogP contribution is -2.14. The Labute approximate surface area is 104 Å². The molecule has 0 heterocycles. The largest absolute Gasteiger partial charge is 0.393 e. The molecule has 0 bridgehead atoms. The number of aliphatic hydroxyl groups excluding tert-OH is 1. The van der Waals surface area contributed by atoms with E-state index in [0.717, 1.165) is 4.47 Å². The SMILES string of the molecule is CCOCCC(O)Cc1cc(Br)ccc1F. The Morgan fingerprint density at radius 2 is 2.25 bits per heavy atom. The first-order valence-electron chi connectivity index (χ1n) is 5.33. The van der Waals surface area contributed by atoms with Crippen LogP contribution >= 0.6 is 15.9 Å². The average molecular weight is 291 g/mol. The minimum Gasteiger partial charge on any atom is -0.393 e. The molecule has 90 valence electrons. The highest BCUT2D eigenvalue weighted by Gasteiger charge is 2.09. The Morgan fingerprint density at radius 3 is 2.94 bits per heavy atom. The molecule has 0 radical (unpaired) electrons. The molecule has 1 aromatic carbocycles. The van der Waals surface area contributed by atoms with Crippen LogP contribution in [0.2, 0.25) is 0 Å². The summed E-state index contributed by atoms with van der Waals surface area (Å²) >= 11 is 3.28. The highest BCUT2D eigenvalue weighted by Crippen LogP contribution is 2.17. The second-order valence-corrected chi connectivity index (χ2v) is 4.49. The van der Waals surface area contributed by atoms with Crippen LogP contribution in [0.5, 0.6) is 0 Å². The molecule has 0 amide bonds. The summed E-state index contributed by atoms with van der Waals surface area (Å²) in [4.78, 5) is 0. The lowest BCUT2D eigenvalue weighted by Gasteiger charge is -2.11. The summed E-state index contributed by atoms with van der Waals surface area (Å²) in [7, 11) is 0. The van der Waals surface area contributed by atoms with Gasteiger partial charge in [0.2, 0.25) is 0 Å². The number of hydrogen-bond donors (Lipinski definition) is 1. The maximum Gasteiger partial charge on any atom is 0.126 e. The quantitative estimate of drug-likeness (QED) is 0.817. The normalized spacial score (nSPS) is 12.8. The van der Waals surface area contributed by atoms with E-state index in [1.54, 1.807) is 12.1 Å². The van der Waals surface area contributed by atoms with E-state index in [0.29, 0.717) is 31.6 Å². The average Bonchev–Trinajstić information content (AvgIpc) is 2.24. The Kier molecular flexibility index (Phi) is 5.95. The lowest BCUT2D eigenvalue weighted by atomic mass is 10.1. The van der Waals surface area contributed by atoms with Crippen molar-refractivity contribution in [3.8, 4) is 0 Å². The van der Waals surface area contributed by atoms with Crippen molar-refractivity contribution in [1.82, 2.24) is 0 Å². The summed E-state index contributed by atoms with van der Waals surface area (Å²) in [5.74, 6) is -0.279. The van der Waals surface area contributed by atoms with Crippen LogP contribution in [0, 0.1) is 5.82 Å². The first kappa shape index (κ1) is 13.6. The van der Waals surface area contributed by atoms with E-state index in [9.17, 15) is 9.50 Å². The van der Waals surface area contributed by atoms with Gasteiger partial charge in [-0.2, -0.15) is 0 Å². The van der Waals surface area contributed by atoms with Gasteiger partial charge in [-0.15, -0.1) is 0 Å². The van der Waals surface area contributed by atoms with Crippen molar-refractivity contribution in [2.24, 2.45) is 0 Å². The molecule has 1 rings (SSSR count). The zero-order valence-electron chi connectivity index (χ0n) is 9.25. The summed E-state index contributed by atoms with van der Waals surface area (Å²) in [5.41, 5.74) is 0.526. The van der Waals surface area contributed by atoms with Gasteiger partial charge in [0.05, 0.1) is 6.10 Å². The van der Waals surface area contributed by atoms with E-state index >= 15 is 0 Å². The zero-order valence-corrected chi connectivity index (χ0v) is 10.8. The number of rotatable bonds is 6. The number of ether oxygens (including phenoxy) is 1. The van der Waals surface area contributed by atoms with Crippen LogP contribution in [-0.4, -0.2) is 24.4 Å². The first-order chi connectivity index (χ1) is 7.63. The van der Waals surface area contributed by atoms with E-state index < -0.39 is 6.10 Å². The van der Waals surface area contributed by atoms with Gasteiger partial charge in [0.25, 0.3) is 0 Å². The van der Waals surface area contributed by atoms with Gasteiger partial charge in [-0.25, -0.2) is 4.39 Å². The third kappa shape index (κ3) is 4.60. The smallest absolute Gasteiger partial charge is 0.126 e. The molecule has 1 atom stereocenters. The first-order valence-corrected chi connectivity index (χ1v) is 6.12. The highest BCUT2D eigenvalue weighted by molar-refractivity contribution is 9.10. The fourth-order valence-corrected chi connectivity index (χ4v) is 1.83. The minimum absolute atomic E-state index is 0.279. The van der Waals surface area contributed by atoms with Gasteiger partial charge in [-0.05, 0) is 37.1 Å². The second-order valence-electron chi connectivity index (χ2n) is 3.58. The molecule has 1 aromatic rings. The predicted molar refractivity (Wildman–Crippen MR) is 64.9 cm³/mol. The van der Waals surface area contributed by atoms with Crippen molar-refractivity contribution >= 4 is 15.9 Å². The van der Waals surface area contributed by atoms with Crippen molar-refractivity contribution in [2.75, 3.05) is 13.2 Å². The van der Waals surface area contributed by atoms with Gasteiger partial charge in [0.1, 0.15) is 5.82 Å². The lowest BCUT2D eigenvalue weighted by molar-refractivity contribution is 0.0883. The van der Waals surface area contributed by atoms with Crippen molar-refractivity contribution in [1.29, 1.82) is 0 Å². The summed E-state index contributed by atoms with van der Waals surface area (Å²) in [5, 5.41) is 9.68. The molecule has 0 aliphatic rings. The van der Waals surface area contributed by atoms with Gasteiger partial charge < -0.3 is 9.84 Å². The van der Waals surface area contributed by atoms with E-state index in [1.807, 2.05) is 6.92 Å². The van der Waals surface area contributed by atoms with E-state index in [-0.39, 0.29) is 5.82 Å². The van der Waals surface area contributed by atoms with Crippen molar-refractivity contribution in [2.45, 2.75) is 25.9 Å². The standard InChI is InChI=1S/C12H16BrFO2/c1-2-16-6-5-11(15)8-9-7-10(13)3-4-12(9)14/h3-4,7,11,15H,2,5-6,8H2,1H3. The summed E-state index contributed by atoms with van der Waals surface area (Å²) < 4.78 is 19.3. The Bertz CT molecular complexity index is 331. The number of aliphatic hydroxyl groups is 1. The second kappa shape index (κ2) is 6.99.